The van der Waals surface area contributed by atoms with E-state index in [1.807, 2.05) is 4.90 Å². The van der Waals surface area contributed by atoms with E-state index in [1.54, 1.807) is 0 Å². The molecule has 2 saturated heterocycles. The molecule has 0 aromatic carbocycles. The Labute approximate surface area is 83.6 Å². The highest BCUT2D eigenvalue weighted by Crippen LogP contribution is 2.19. The van der Waals surface area contributed by atoms with Crippen molar-refractivity contribution in [3.05, 3.63) is 0 Å². The minimum absolute atomic E-state index is 0.0203. The Morgan fingerprint density at radius 1 is 1.14 bits per heavy atom. The lowest BCUT2D eigenvalue weighted by molar-refractivity contribution is -0.130. The van der Waals surface area contributed by atoms with E-state index in [0.29, 0.717) is 12.8 Å². The standard InChI is InChI=1S/C10H16N2O2/c13-9-4-2-1-3-7-12-8(11-9)5-6-10(12)14/h8H,1-7H2,(H,11,13). The third-order valence-corrected chi connectivity index (χ3v) is 2.96. The summed E-state index contributed by atoms with van der Waals surface area (Å²) in [6.07, 6.45) is 4.98. The summed E-state index contributed by atoms with van der Waals surface area (Å²) in [7, 11) is 0. The summed E-state index contributed by atoms with van der Waals surface area (Å²) in [4.78, 5) is 24.7. The van der Waals surface area contributed by atoms with Crippen LogP contribution in [0.5, 0.6) is 0 Å². The fourth-order valence-electron chi connectivity index (χ4n) is 2.17. The third kappa shape index (κ3) is 1.89. The van der Waals surface area contributed by atoms with E-state index in [4.69, 9.17) is 0 Å². The number of carbonyl (C=O) groups excluding carboxylic acids is 2. The van der Waals surface area contributed by atoms with Gasteiger partial charge in [-0.05, 0) is 19.3 Å². The number of carbonyl (C=O) groups is 2. The fraction of sp³-hybridized carbons (Fsp3) is 0.800. The van der Waals surface area contributed by atoms with Crippen LogP contribution in [0.1, 0.15) is 38.5 Å². The highest BCUT2D eigenvalue weighted by molar-refractivity contribution is 5.81. The Kier molecular flexibility index (Phi) is 2.70. The summed E-state index contributed by atoms with van der Waals surface area (Å²) >= 11 is 0. The molecule has 2 heterocycles. The lowest BCUT2D eigenvalue weighted by Gasteiger charge is -2.24. The van der Waals surface area contributed by atoms with E-state index in [0.717, 1.165) is 32.2 Å². The molecule has 2 aliphatic heterocycles. The molecule has 0 saturated carbocycles. The van der Waals surface area contributed by atoms with Gasteiger partial charge in [0.1, 0.15) is 6.17 Å². The molecule has 4 heteroatoms. The summed E-state index contributed by atoms with van der Waals surface area (Å²) in [5.74, 6) is 0.286. The van der Waals surface area contributed by atoms with Gasteiger partial charge in [-0.2, -0.15) is 0 Å². The van der Waals surface area contributed by atoms with Crippen molar-refractivity contribution in [3.63, 3.8) is 0 Å². The van der Waals surface area contributed by atoms with Gasteiger partial charge < -0.3 is 10.2 Å². The van der Waals surface area contributed by atoms with E-state index in [1.165, 1.54) is 0 Å². The molecule has 1 unspecified atom stereocenters. The fourth-order valence-corrected chi connectivity index (χ4v) is 2.17. The van der Waals surface area contributed by atoms with Crippen molar-refractivity contribution < 1.29 is 9.59 Å². The Bertz CT molecular complexity index is 253. The second-order valence-electron chi connectivity index (χ2n) is 4.02. The predicted octanol–water partition coefficient (Wildman–Crippen LogP) is 0.625. The van der Waals surface area contributed by atoms with Crippen molar-refractivity contribution in [2.75, 3.05) is 6.54 Å². The van der Waals surface area contributed by atoms with Crippen LogP contribution in [-0.2, 0) is 9.59 Å². The van der Waals surface area contributed by atoms with Gasteiger partial charge in [0, 0.05) is 19.4 Å². The van der Waals surface area contributed by atoms with Crippen LogP contribution in [0.15, 0.2) is 0 Å². The van der Waals surface area contributed by atoms with E-state index in [9.17, 15) is 9.59 Å². The van der Waals surface area contributed by atoms with Crippen LogP contribution in [-0.4, -0.2) is 29.4 Å². The average Bonchev–Trinajstić information content (AvgIpc) is 2.51. The molecule has 2 amide bonds. The Hall–Kier alpha value is -1.06. The molecule has 4 nitrogen and oxygen atoms in total. The Morgan fingerprint density at radius 2 is 2.00 bits per heavy atom. The van der Waals surface area contributed by atoms with Gasteiger partial charge in [0.25, 0.3) is 0 Å². The summed E-state index contributed by atoms with van der Waals surface area (Å²) < 4.78 is 0. The number of nitrogens with zero attached hydrogens (tertiary/aromatic N) is 1. The molecule has 1 atom stereocenters. The van der Waals surface area contributed by atoms with Gasteiger partial charge in [-0.1, -0.05) is 6.42 Å². The zero-order chi connectivity index (χ0) is 9.97. The van der Waals surface area contributed by atoms with Crippen LogP contribution in [0.3, 0.4) is 0 Å². The maximum absolute atomic E-state index is 11.5. The highest BCUT2D eigenvalue weighted by atomic mass is 16.2. The predicted molar refractivity (Wildman–Crippen MR) is 51.3 cm³/mol. The summed E-state index contributed by atoms with van der Waals surface area (Å²) in [5, 5.41) is 2.92. The van der Waals surface area contributed by atoms with Crippen LogP contribution < -0.4 is 5.32 Å². The SMILES string of the molecule is O=C1CCCCCN2C(=O)CCC2N1. The second-order valence-corrected chi connectivity index (χ2v) is 4.02. The molecule has 1 N–H and O–H groups in total. The van der Waals surface area contributed by atoms with E-state index < -0.39 is 0 Å². The van der Waals surface area contributed by atoms with Gasteiger partial charge in [-0.25, -0.2) is 0 Å². The highest BCUT2D eigenvalue weighted by Gasteiger charge is 2.31. The monoisotopic (exact) mass is 196 g/mol. The molecule has 2 aliphatic rings. The van der Waals surface area contributed by atoms with Gasteiger partial charge in [0.15, 0.2) is 0 Å². The van der Waals surface area contributed by atoms with Gasteiger partial charge in [-0.3, -0.25) is 9.59 Å². The molecule has 2 fully saturated rings. The minimum atomic E-state index is -0.0203. The number of nitrogens with one attached hydrogen (secondary N) is 1. The van der Waals surface area contributed by atoms with Crippen LogP contribution in [0.25, 0.3) is 0 Å². The molecule has 0 aliphatic carbocycles. The molecule has 2 rings (SSSR count). The summed E-state index contributed by atoms with van der Waals surface area (Å²) in [6, 6.07) is 0. The molecular weight excluding hydrogens is 180 g/mol. The molecule has 0 radical (unpaired) electrons. The Balaban J connectivity index is 2.05. The van der Waals surface area contributed by atoms with Crippen molar-refractivity contribution in [1.82, 2.24) is 10.2 Å². The zero-order valence-electron chi connectivity index (χ0n) is 8.29. The first-order valence-corrected chi connectivity index (χ1v) is 5.36. The van der Waals surface area contributed by atoms with Crippen LogP contribution in [0, 0.1) is 0 Å². The van der Waals surface area contributed by atoms with E-state index in [-0.39, 0.29) is 18.0 Å². The first-order valence-electron chi connectivity index (χ1n) is 5.36. The second kappa shape index (κ2) is 3.98. The summed E-state index contributed by atoms with van der Waals surface area (Å²) in [5.41, 5.74) is 0. The first-order chi connectivity index (χ1) is 6.77. The molecule has 14 heavy (non-hydrogen) atoms. The number of amides is 2. The van der Waals surface area contributed by atoms with Crippen molar-refractivity contribution in [2.45, 2.75) is 44.7 Å². The lowest BCUT2D eigenvalue weighted by atomic mass is 10.2. The number of hydrogen-bond donors (Lipinski definition) is 1. The maximum atomic E-state index is 11.5. The number of rotatable bonds is 0. The molecule has 0 aromatic heterocycles. The topological polar surface area (TPSA) is 49.4 Å². The van der Waals surface area contributed by atoms with Crippen molar-refractivity contribution in [1.29, 1.82) is 0 Å². The molecule has 0 bridgehead atoms. The van der Waals surface area contributed by atoms with Gasteiger partial charge in [0.2, 0.25) is 11.8 Å². The van der Waals surface area contributed by atoms with Gasteiger partial charge >= 0.3 is 0 Å². The van der Waals surface area contributed by atoms with E-state index in [2.05, 4.69) is 5.32 Å². The Morgan fingerprint density at radius 3 is 2.86 bits per heavy atom. The largest absolute Gasteiger partial charge is 0.336 e. The minimum Gasteiger partial charge on any atom is -0.336 e. The molecule has 78 valence electrons. The maximum Gasteiger partial charge on any atom is 0.224 e. The van der Waals surface area contributed by atoms with Crippen molar-refractivity contribution in [3.8, 4) is 0 Å². The smallest absolute Gasteiger partial charge is 0.224 e. The average molecular weight is 196 g/mol. The van der Waals surface area contributed by atoms with Crippen molar-refractivity contribution in [2.24, 2.45) is 0 Å². The number of hydrogen-bond acceptors (Lipinski definition) is 2. The first kappa shape index (κ1) is 9.49. The van der Waals surface area contributed by atoms with Gasteiger partial charge in [-0.15, -0.1) is 0 Å². The molecule has 0 spiro atoms. The normalized spacial score (nSPS) is 28.9. The summed E-state index contributed by atoms with van der Waals surface area (Å²) in [6.45, 7) is 0.809. The van der Waals surface area contributed by atoms with Crippen molar-refractivity contribution >= 4 is 11.8 Å². The zero-order valence-corrected chi connectivity index (χ0v) is 8.29. The lowest BCUT2D eigenvalue weighted by Crippen LogP contribution is -2.45. The molecule has 0 aromatic rings. The van der Waals surface area contributed by atoms with E-state index >= 15 is 0 Å². The van der Waals surface area contributed by atoms with Gasteiger partial charge in [0.05, 0.1) is 0 Å². The number of fused-ring (bicyclic) bond motifs is 1. The quantitative estimate of drug-likeness (QED) is 0.617. The van der Waals surface area contributed by atoms with Crippen LogP contribution in [0.4, 0.5) is 0 Å². The van der Waals surface area contributed by atoms with Crippen LogP contribution in [0.2, 0.25) is 0 Å². The third-order valence-electron chi connectivity index (χ3n) is 2.96. The molecular formula is C10H16N2O2. The van der Waals surface area contributed by atoms with Crippen LogP contribution >= 0.6 is 0 Å².